The molecule has 0 unspecified atom stereocenters. The average Bonchev–Trinajstić information content (AvgIpc) is 3.20. The van der Waals surface area contributed by atoms with Gasteiger partial charge in [0, 0.05) is 6.42 Å². The van der Waals surface area contributed by atoms with Gasteiger partial charge in [-0.3, -0.25) is 4.79 Å². The van der Waals surface area contributed by atoms with Crippen molar-refractivity contribution < 1.29 is 13.7 Å². The van der Waals surface area contributed by atoms with E-state index in [1.807, 2.05) is 44.2 Å². The Balaban J connectivity index is 1.91. The number of nitrogens with zero attached hydrogens (tertiary/aromatic N) is 2. The van der Waals surface area contributed by atoms with E-state index in [0.717, 1.165) is 12.0 Å². The van der Waals surface area contributed by atoms with Gasteiger partial charge in [0.1, 0.15) is 17.6 Å². The highest BCUT2D eigenvalue weighted by Gasteiger charge is 2.24. The first-order valence-corrected chi connectivity index (χ1v) is 8.33. The topological polar surface area (TPSA) is 81.2 Å². The van der Waals surface area contributed by atoms with Crippen molar-refractivity contribution >= 4 is 5.91 Å². The number of benzene rings is 1. The van der Waals surface area contributed by atoms with Gasteiger partial charge in [0.15, 0.2) is 5.82 Å². The highest BCUT2D eigenvalue weighted by molar-refractivity contribution is 5.95. The zero-order valence-electron chi connectivity index (χ0n) is 14.6. The second-order valence-electron chi connectivity index (χ2n) is 5.94. The van der Waals surface area contributed by atoms with Crippen LogP contribution in [0.1, 0.15) is 58.5 Å². The van der Waals surface area contributed by atoms with Crippen LogP contribution in [0.5, 0.6) is 0 Å². The van der Waals surface area contributed by atoms with E-state index in [1.165, 1.54) is 0 Å². The molecule has 0 saturated heterocycles. The maximum absolute atomic E-state index is 12.7. The van der Waals surface area contributed by atoms with Crippen LogP contribution in [0.4, 0.5) is 0 Å². The van der Waals surface area contributed by atoms with Crippen LogP contribution in [0.15, 0.2) is 45.3 Å². The van der Waals surface area contributed by atoms with Crippen LogP contribution in [-0.4, -0.2) is 16.0 Å². The molecule has 0 aliphatic carbocycles. The van der Waals surface area contributed by atoms with E-state index in [9.17, 15) is 4.79 Å². The maximum Gasteiger partial charge on any atom is 0.255 e. The summed E-state index contributed by atoms with van der Waals surface area (Å²) in [5.41, 5.74) is 1.40. The standard InChI is InChI=1S/C19H21N3O3/c1-4-8-16-20-18(22-25-16)17(14-9-6-5-7-10-14)21-19(23)15-11-12(2)24-13(15)3/h5-7,9-11,17H,4,8H2,1-3H3,(H,21,23)/t17-/m0/s1. The molecule has 1 atom stereocenters. The fourth-order valence-electron chi connectivity index (χ4n) is 2.71. The van der Waals surface area contributed by atoms with E-state index in [0.29, 0.717) is 35.2 Å². The van der Waals surface area contributed by atoms with Gasteiger partial charge in [-0.2, -0.15) is 4.98 Å². The van der Waals surface area contributed by atoms with Gasteiger partial charge in [-0.05, 0) is 31.9 Å². The molecule has 0 aliphatic heterocycles. The van der Waals surface area contributed by atoms with Crippen molar-refractivity contribution in [2.45, 2.75) is 39.7 Å². The summed E-state index contributed by atoms with van der Waals surface area (Å²) >= 11 is 0. The Morgan fingerprint density at radius 1 is 1.24 bits per heavy atom. The first-order chi connectivity index (χ1) is 12.1. The highest BCUT2D eigenvalue weighted by atomic mass is 16.5. The third-order valence-electron chi connectivity index (χ3n) is 3.90. The van der Waals surface area contributed by atoms with E-state index in [4.69, 9.17) is 8.94 Å². The molecule has 3 rings (SSSR count). The Labute approximate surface area is 146 Å². The van der Waals surface area contributed by atoms with Crippen molar-refractivity contribution in [2.75, 3.05) is 0 Å². The Kier molecular flexibility index (Phi) is 4.97. The lowest BCUT2D eigenvalue weighted by Crippen LogP contribution is -2.30. The number of aromatic nitrogens is 2. The Morgan fingerprint density at radius 2 is 2.00 bits per heavy atom. The summed E-state index contributed by atoms with van der Waals surface area (Å²) in [5.74, 6) is 2.07. The van der Waals surface area contributed by atoms with Crippen molar-refractivity contribution in [2.24, 2.45) is 0 Å². The van der Waals surface area contributed by atoms with Crippen molar-refractivity contribution in [1.29, 1.82) is 0 Å². The predicted molar refractivity (Wildman–Crippen MR) is 92.2 cm³/mol. The Hall–Kier alpha value is -2.89. The van der Waals surface area contributed by atoms with Crippen LogP contribution >= 0.6 is 0 Å². The van der Waals surface area contributed by atoms with Gasteiger partial charge >= 0.3 is 0 Å². The maximum atomic E-state index is 12.7. The molecule has 1 N–H and O–H groups in total. The number of rotatable bonds is 6. The summed E-state index contributed by atoms with van der Waals surface area (Å²) in [5, 5.41) is 7.05. The summed E-state index contributed by atoms with van der Waals surface area (Å²) in [6, 6.07) is 10.8. The van der Waals surface area contributed by atoms with Gasteiger partial charge in [0.2, 0.25) is 5.89 Å². The number of hydrogen-bond acceptors (Lipinski definition) is 5. The summed E-state index contributed by atoms with van der Waals surface area (Å²) in [6.45, 7) is 5.63. The molecule has 1 amide bonds. The van der Waals surface area contributed by atoms with E-state index < -0.39 is 6.04 Å². The smallest absolute Gasteiger partial charge is 0.255 e. The predicted octanol–water partition coefficient (Wildman–Crippen LogP) is 3.75. The minimum Gasteiger partial charge on any atom is -0.466 e. The number of nitrogens with one attached hydrogen (secondary N) is 1. The minimum atomic E-state index is -0.488. The van der Waals surface area contributed by atoms with E-state index >= 15 is 0 Å². The van der Waals surface area contributed by atoms with Crippen LogP contribution in [0.2, 0.25) is 0 Å². The highest BCUT2D eigenvalue weighted by Crippen LogP contribution is 2.22. The Morgan fingerprint density at radius 3 is 2.64 bits per heavy atom. The van der Waals surface area contributed by atoms with Crippen LogP contribution in [0, 0.1) is 13.8 Å². The quantitative estimate of drug-likeness (QED) is 0.739. The average molecular weight is 339 g/mol. The van der Waals surface area contributed by atoms with Crippen LogP contribution in [-0.2, 0) is 6.42 Å². The first-order valence-electron chi connectivity index (χ1n) is 8.33. The van der Waals surface area contributed by atoms with Gasteiger partial charge in [0.25, 0.3) is 5.91 Å². The van der Waals surface area contributed by atoms with Crippen molar-refractivity contribution in [3.8, 4) is 0 Å². The molecule has 6 heteroatoms. The molecular weight excluding hydrogens is 318 g/mol. The third kappa shape index (κ3) is 3.79. The molecule has 0 fully saturated rings. The number of furan rings is 1. The van der Waals surface area contributed by atoms with Crippen molar-refractivity contribution in [3.05, 3.63) is 70.8 Å². The summed E-state index contributed by atoms with van der Waals surface area (Å²) in [4.78, 5) is 17.1. The van der Waals surface area contributed by atoms with E-state index in [-0.39, 0.29) is 5.91 Å². The molecule has 0 radical (unpaired) electrons. The number of carbonyl (C=O) groups is 1. The first kappa shape index (κ1) is 17.0. The lowest BCUT2D eigenvalue weighted by Gasteiger charge is -2.15. The number of carbonyl (C=O) groups excluding carboxylic acids is 1. The summed E-state index contributed by atoms with van der Waals surface area (Å²) < 4.78 is 10.7. The molecule has 25 heavy (non-hydrogen) atoms. The molecule has 0 spiro atoms. The Bertz CT molecular complexity index is 852. The number of amides is 1. The zero-order valence-corrected chi connectivity index (χ0v) is 14.6. The van der Waals surface area contributed by atoms with Crippen molar-refractivity contribution in [1.82, 2.24) is 15.5 Å². The second kappa shape index (κ2) is 7.34. The number of hydrogen-bond donors (Lipinski definition) is 1. The van der Waals surface area contributed by atoms with Gasteiger partial charge in [-0.1, -0.05) is 42.4 Å². The summed E-state index contributed by atoms with van der Waals surface area (Å²) in [6.07, 6.45) is 1.62. The molecule has 6 nitrogen and oxygen atoms in total. The molecular formula is C19H21N3O3. The monoisotopic (exact) mass is 339 g/mol. The molecule has 2 aromatic heterocycles. The molecule has 3 aromatic rings. The number of aryl methyl sites for hydroxylation is 3. The third-order valence-corrected chi connectivity index (χ3v) is 3.90. The van der Waals surface area contributed by atoms with Gasteiger partial charge in [0.05, 0.1) is 5.56 Å². The fourth-order valence-corrected chi connectivity index (χ4v) is 2.71. The van der Waals surface area contributed by atoms with E-state index in [1.54, 1.807) is 13.0 Å². The SMILES string of the molecule is CCCc1nc([C@@H](NC(=O)c2cc(C)oc2C)c2ccccc2)no1. The van der Waals surface area contributed by atoms with Gasteiger partial charge in [-0.15, -0.1) is 0 Å². The molecule has 0 saturated carbocycles. The molecule has 130 valence electrons. The van der Waals surface area contributed by atoms with E-state index in [2.05, 4.69) is 15.5 Å². The molecule has 0 bridgehead atoms. The lowest BCUT2D eigenvalue weighted by molar-refractivity contribution is 0.0939. The van der Waals surface area contributed by atoms with Crippen LogP contribution in [0.25, 0.3) is 0 Å². The molecule has 2 heterocycles. The van der Waals surface area contributed by atoms with Crippen LogP contribution < -0.4 is 5.32 Å². The molecule has 1 aromatic carbocycles. The lowest BCUT2D eigenvalue weighted by atomic mass is 10.1. The zero-order chi connectivity index (χ0) is 17.8. The van der Waals surface area contributed by atoms with Crippen molar-refractivity contribution in [3.63, 3.8) is 0 Å². The van der Waals surface area contributed by atoms with Gasteiger partial charge < -0.3 is 14.3 Å². The van der Waals surface area contributed by atoms with Crippen LogP contribution in [0.3, 0.4) is 0 Å². The second-order valence-corrected chi connectivity index (χ2v) is 5.94. The normalized spacial score (nSPS) is 12.1. The largest absolute Gasteiger partial charge is 0.466 e. The summed E-state index contributed by atoms with van der Waals surface area (Å²) in [7, 11) is 0. The minimum absolute atomic E-state index is 0.231. The van der Waals surface area contributed by atoms with Gasteiger partial charge in [-0.25, -0.2) is 0 Å². The fraction of sp³-hybridized carbons (Fsp3) is 0.316. The molecule has 0 aliphatic rings.